The highest BCUT2D eigenvalue weighted by atomic mass is 16.5. The van der Waals surface area contributed by atoms with Gasteiger partial charge in [-0.2, -0.15) is 14.3 Å². The third-order valence-corrected chi connectivity index (χ3v) is 5.55. The number of para-hydroxylation sites is 1. The number of unbranched alkanes of at least 4 members (excludes halogenated alkanes) is 1. The van der Waals surface area contributed by atoms with Crippen LogP contribution in [0.4, 0.5) is 4.79 Å². The van der Waals surface area contributed by atoms with Crippen LogP contribution in [-0.4, -0.2) is 52.2 Å². The number of amides is 4. The molecule has 2 heterocycles. The number of carbonyl (C=O) groups excluding carboxylic acids is 3. The van der Waals surface area contributed by atoms with Gasteiger partial charge >= 0.3 is 11.9 Å². The van der Waals surface area contributed by atoms with E-state index in [0.29, 0.717) is 36.5 Å². The number of nitrogens with zero attached hydrogens (tertiary/aromatic N) is 2. The lowest BCUT2D eigenvalue weighted by Gasteiger charge is -2.24. The Balaban J connectivity index is 1.60. The number of nitrogens with one attached hydrogen (secondary N) is 1. The van der Waals surface area contributed by atoms with E-state index < -0.39 is 12.1 Å². The van der Waals surface area contributed by atoms with Crippen molar-refractivity contribution in [1.82, 2.24) is 10.2 Å². The first-order chi connectivity index (χ1) is 15.0. The summed E-state index contributed by atoms with van der Waals surface area (Å²) in [6.07, 6.45) is 0.632. The SMILES string of the molecule is CCCCN1C(=O)C2Oc3ccccc3C2=[N+](CC(=O)NCc2ccc(C)cc2)C1=O. The predicted molar refractivity (Wildman–Crippen MR) is 115 cm³/mol. The molecule has 7 nitrogen and oxygen atoms in total. The Kier molecular flexibility index (Phi) is 5.84. The van der Waals surface area contributed by atoms with Crippen LogP contribution in [0.15, 0.2) is 48.5 Å². The van der Waals surface area contributed by atoms with E-state index in [0.717, 1.165) is 17.5 Å². The summed E-state index contributed by atoms with van der Waals surface area (Å²) in [6, 6.07) is 14.6. The number of benzene rings is 2. The summed E-state index contributed by atoms with van der Waals surface area (Å²) in [7, 11) is 0. The van der Waals surface area contributed by atoms with Crippen molar-refractivity contribution in [3.63, 3.8) is 0 Å². The smallest absolute Gasteiger partial charge is 0.469 e. The number of hydrogen-bond acceptors (Lipinski definition) is 4. The van der Waals surface area contributed by atoms with Gasteiger partial charge in [0, 0.05) is 6.54 Å². The fourth-order valence-corrected chi connectivity index (χ4v) is 3.82. The van der Waals surface area contributed by atoms with Gasteiger partial charge in [-0.15, -0.1) is 0 Å². The lowest BCUT2D eigenvalue weighted by molar-refractivity contribution is -0.429. The Morgan fingerprint density at radius 3 is 2.61 bits per heavy atom. The molecule has 0 bridgehead atoms. The quantitative estimate of drug-likeness (QED) is 0.699. The second-order valence-electron chi connectivity index (χ2n) is 7.85. The van der Waals surface area contributed by atoms with Crippen LogP contribution in [0.25, 0.3) is 0 Å². The number of hydrogen-bond donors (Lipinski definition) is 1. The summed E-state index contributed by atoms with van der Waals surface area (Å²) in [5.41, 5.74) is 3.25. The topological polar surface area (TPSA) is 78.7 Å². The molecule has 0 spiro atoms. The third kappa shape index (κ3) is 4.08. The maximum absolute atomic E-state index is 13.2. The van der Waals surface area contributed by atoms with E-state index in [1.54, 1.807) is 6.07 Å². The summed E-state index contributed by atoms with van der Waals surface area (Å²) in [6.45, 7) is 4.49. The number of aryl methyl sites for hydroxylation is 1. The third-order valence-electron chi connectivity index (χ3n) is 5.55. The van der Waals surface area contributed by atoms with Crippen molar-refractivity contribution in [3.05, 3.63) is 65.2 Å². The Morgan fingerprint density at radius 2 is 1.87 bits per heavy atom. The molecule has 2 aromatic rings. The van der Waals surface area contributed by atoms with Crippen LogP contribution in [0.2, 0.25) is 0 Å². The van der Waals surface area contributed by atoms with E-state index >= 15 is 0 Å². The maximum atomic E-state index is 13.2. The summed E-state index contributed by atoms with van der Waals surface area (Å²) in [5, 5.41) is 2.87. The number of carbonyl (C=O) groups is 3. The van der Waals surface area contributed by atoms with Gasteiger partial charge < -0.3 is 10.1 Å². The number of imide groups is 1. The molecule has 160 valence electrons. The van der Waals surface area contributed by atoms with Crippen molar-refractivity contribution in [2.45, 2.75) is 39.3 Å². The molecule has 0 aliphatic carbocycles. The molecule has 2 aromatic carbocycles. The van der Waals surface area contributed by atoms with E-state index in [9.17, 15) is 14.4 Å². The molecule has 2 aliphatic rings. The average molecular weight is 420 g/mol. The van der Waals surface area contributed by atoms with Gasteiger partial charge in [-0.1, -0.05) is 55.3 Å². The first kappa shape index (κ1) is 20.8. The van der Waals surface area contributed by atoms with Crippen LogP contribution >= 0.6 is 0 Å². The average Bonchev–Trinajstić information content (AvgIpc) is 3.16. The maximum Gasteiger partial charge on any atom is 0.501 e. The van der Waals surface area contributed by atoms with Crippen LogP contribution in [0, 0.1) is 6.92 Å². The lowest BCUT2D eigenvalue weighted by atomic mass is 10.0. The molecule has 7 heteroatoms. The highest BCUT2D eigenvalue weighted by Crippen LogP contribution is 2.32. The zero-order valence-corrected chi connectivity index (χ0v) is 17.8. The molecule has 0 saturated carbocycles. The lowest BCUT2D eigenvalue weighted by Crippen LogP contribution is -2.59. The first-order valence-electron chi connectivity index (χ1n) is 10.6. The highest BCUT2D eigenvalue weighted by molar-refractivity contribution is 6.22. The standard InChI is InChI=1S/C24H25N3O4/c1-3-4-13-26-23(29)22-21(18-7-5-6-8-19(18)31-22)27(24(26)30)15-20(28)25-14-17-11-9-16(2)10-12-17/h5-12,22H,3-4,13-15H2,1-2H3/p+1. The van der Waals surface area contributed by atoms with Crippen molar-refractivity contribution < 1.29 is 23.7 Å². The number of ether oxygens (including phenoxy) is 1. The van der Waals surface area contributed by atoms with Crippen LogP contribution in [0.3, 0.4) is 0 Å². The molecule has 4 rings (SSSR count). The Hall–Kier alpha value is -3.48. The van der Waals surface area contributed by atoms with Crippen molar-refractivity contribution in [3.8, 4) is 5.75 Å². The largest absolute Gasteiger partial charge is 0.501 e. The van der Waals surface area contributed by atoms with Crippen molar-refractivity contribution in [2.75, 3.05) is 13.1 Å². The van der Waals surface area contributed by atoms with Gasteiger partial charge in [-0.3, -0.25) is 4.79 Å². The molecule has 0 fully saturated rings. The van der Waals surface area contributed by atoms with Crippen LogP contribution in [0.5, 0.6) is 5.75 Å². The predicted octanol–water partition coefficient (Wildman–Crippen LogP) is 2.64. The van der Waals surface area contributed by atoms with Gasteiger partial charge in [-0.25, -0.2) is 4.79 Å². The highest BCUT2D eigenvalue weighted by Gasteiger charge is 2.53. The van der Waals surface area contributed by atoms with Crippen molar-refractivity contribution in [1.29, 1.82) is 0 Å². The van der Waals surface area contributed by atoms with Crippen LogP contribution in [0.1, 0.15) is 36.5 Å². The minimum absolute atomic E-state index is 0.176. The summed E-state index contributed by atoms with van der Waals surface area (Å²) >= 11 is 0. The van der Waals surface area contributed by atoms with Crippen molar-refractivity contribution in [2.24, 2.45) is 0 Å². The van der Waals surface area contributed by atoms with Crippen LogP contribution in [-0.2, 0) is 16.1 Å². The zero-order chi connectivity index (χ0) is 22.0. The van der Waals surface area contributed by atoms with Gasteiger partial charge in [0.1, 0.15) is 5.75 Å². The number of fused-ring (bicyclic) bond motifs is 3. The molecular formula is C24H26N3O4+. The summed E-state index contributed by atoms with van der Waals surface area (Å²) in [5.74, 6) is -0.124. The fraction of sp³-hybridized carbons (Fsp3) is 0.333. The molecule has 0 aromatic heterocycles. The minimum atomic E-state index is -0.906. The number of urea groups is 1. The number of rotatable bonds is 7. The molecule has 4 amide bonds. The van der Waals surface area contributed by atoms with E-state index in [-0.39, 0.29) is 18.4 Å². The molecular weight excluding hydrogens is 394 g/mol. The molecule has 1 atom stereocenters. The van der Waals surface area contributed by atoms with E-state index in [2.05, 4.69) is 5.32 Å². The minimum Gasteiger partial charge on any atom is -0.469 e. The molecule has 0 saturated heterocycles. The summed E-state index contributed by atoms with van der Waals surface area (Å²) < 4.78 is 7.27. The molecule has 0 radical (unpaired) electrons. The van der Waals surface area contributed by atoms with Gasteiger partial charge in [0.25, 0.3) is 12.0 Å². The van der Waals surface area contributed by atoms with E-state index in [1.807, 2.05) is 56.3 Å². The Bertz CT molecular complexity index is 1060. The first-order valence-corrected chi connectivity index (χ1v) is 10.6. The molecule has 31 heavy (non-hydrogen) atoms. The fourth-order valence-electron chi connectivity index (χ4n) is 3.82. The van der Waals surface area contributed by atoms with Gasteiger partial charge in [-0.05, 0) is 31.0 Å². The molecule has 1 unspecified atom stereocenters. The second-order valence-corrected chi connectivity index (χ2v) is 7.85. The summed E-state index contributed by atoms with van der Waals surface area (Å²) in [4.78, 5) is 40.2. The normalized spacial score (nSPS) is 17.4. The van der Waals surface area contributed by atoms with Gasteiger partial charge in [0.15, 0.2) is 12.3 Å². The molecule has 2 aliphatic heterocycles. The Morgan fingerprint density at radius 1 is 1.13 bits per heavy atom. The molecule has 1 N–H and O–H groups in total. The van der Waals surface area contributed by atoms with Crippen molar-refractivity contribution >= 4 is 23.6 Å². The zero-order valence-electron chi connectivity index (χ0n) is 17.8. The second kappa shape index (κ2) is 8.71. The Labute approximate surface area is 181 Å². The van der Waals surface area contributed by atoms with Gasteiger partial charge in [0.05, 0.1) is 12.1 Å². The van der Waals surface area contributed by atoms with E-state index in [4.69, 9.17) is 4.74 Å². The monoisotopic (exact) mass is 420 g/mol. The van der Waals surface area contributed by atoms with Crippen LogP contribution < -0.4 is 10.1 Å². The van der Waals surface area contributed by atoms with E-state index in [1.165, 1.54) is 9.48 Å². The van der Waals surface area contributed by atoms with Gasteiger partial charge in [0.2, 0.25) is 0 Å².